The molecule has 1 aromatic rings. The van der Waals surface area contributed by atoms with Crippen molar-refractivity contribution >= 4 is 0 Å². The molecule has 0 atom stereocenters. The minimum absolute atomic E-state index is 0.392. The number of phenols is 1. The maximum Gasteiger partial charge on any atom is 0.119 e. The molecule has 0 aliphatic heterocycles. The minimum atomic E-state index is 0.392. The normalized spacial score (nSPS) is 10.2. The molecule has 3 N–H and O–H groups in total. The van der Waals surface area contributed by atoms with E-state index in [-0.39, 0.29) is 0 Å². The molecule has 0 saturated heterocycles. The van der Waals surface area contributed by atoms with Crippen LogP contribution in [0.3, 0.4) is 0 Å². The molecule has 1 rings (SSSR count). The summed E-state index contributed by atoms with van der Waals surface area (Å²) in [6.45, 7) is 2.68. The van der Waals surface area contributed by atoms with Crippen molar-refractivity contribution in [1.82, 2.24) is 0 Å². The Kier molecular flexibility index (Phi) is 3.11. The second kappa shape index (κ2) is 4.12. The van der Waals surface area contributed by atoms with E-state index in [1.807, 2.05) is 19.1 Å². The second-order valence-corrected chi connectivity index (χ2v) is 2.96. The van der Waals surface area contributed by atoms with E-state index in [2.05, 4.69) is 0 Å². The number of hydrogen-bond donors (Lipinski definition) is 2. The molecule has 0 fully saturated rings. The topological polar surface area (TPSA) is 46.2 Å². The molecule has 0 saturated carbocycles. The maximum atomic E-state index is 9.48. The third-order valence-electron chi connectivity index (χ3n) is 2.02. The zero-order chi connectivity index (χ0) is 8.97. The lowest BCUT2D eigenvalue weighted by Crippen LogP contribution is -2.01. The lowest BCUT2D eigenvalue weighted by molar-refractivity contribution is 0.466. The maximum absolute atomic E-state index is 9.48. The number of phenolic OH excluding ortho intramolecular Hbond substituents is 1. The zero-order valence-electron chi connectivity index (χ0n) is 7.38. The number of aryl methyl sites for hydroxylation is 1. The quantitative estimate of drug-likeness (QED) is 0.714. The van der Waals surface area contributed by atoms with E-state index >= 15 is 0 Å². The van der Waals surface area contributed by atoms with Gasteiger partial charge >= 0.3 is 0 Å². The van der Waals surface area contributed by atoms with E-state index in [0.717, 1.165) is 24.0 Å². The van der Waals surface area contributed by atoms with Crippen LogP contribution in [0.1, 0.15) is 17.5 Å². The second-order valence-electron chi connectivity index (χ2n) is 2.96. The van der Waals surface area contributed by atoms with Crippen LogP contribution in [-0.4, -0.2) is 11.7 Å². The van der Waals surface area contributed by atoms with Gasteiger partial charge in [-0.25, -0.2) is 0 Å². The molecule has 1 aromatic carbocycles. The summed E-state index contributed by atoms with van der Waals surface area (Å²) in [6, 6.07) is 5.58. The molecule has 0 unspecified atom stereocenters. The Labute approximate surface area is 73.0 Å². The van der Waals surface area contributed by atoms with Crippen LogP contribution in [0.2, 0.25) is 0 Å². The van der Waals surface area contributed by atoms with Crippen LogP contribution in [0.15, 0.2) is 18.2 Å². The van der Waals surface area contributed by atoms with Gasteiger partial charge in [-0.05, 0) is 43.5 Å². The van der Waals surface area contributed by atoms with Crippen molar-refractivity contribution in [2.45, 2.75) is 19.8 Å². The highest BCUT2D eigenvalue weighted by Gasteiger charge is 2.02. The van der Waals surface area contributed by atoms with E-state index in [9.17, 15) is 5.11 Å². The van der Waals surface area contributed by atoms with Gasteiger partial charge in [0.2, 0.25) is 0 Å². The molecule has 0 bridgehead atoms. The molecule has 66 valence electrons. The first-order valence-corrected chi connectivity index (χ1v) is 4.23. The van der Waals surface area contributed by atoms with E-state index in [4.69, 9.17) is 5.73 Å². The van der Waals surface area contributed by atoms with E-state index in [1.54, 1.807) is 6.07 Å². The lowest BCUT2D eigenvalue weighted by Gasteiger charge is -2.06. The van der Waals surface area contributed by atoms with Gasteiger partial charge in [0.05, 0.1) is 0 Å². The number of nitrogens with two attached hydrogens (primary N) is 1. The van der Waals surface area contributed by atoms with Crippen LogP contribution >= 0.6 is 0 Å². The summed E-state index contributed by atoms with van der Waals surface area (Å²) in [5.74, 6) is 0.392. The van der Waals surface area contributed by atoms with Crippen molar-refractivity contribution in [2.75, 3.05) is 6.54 Å². The van der Waals surface area contributed by atoms with Gasteiger partial charge in [0.15, 0.2) is 0 Å². The molecular formula is C10H15NO. The molecule has 12 heavy (non-hydrogen) atoms. The zero-order valence-corrected chi connectivity index (χ0v) is 7.38. The molecule has 2 heteroatoms. The highest BCUT2D eigenvalue weighted by molar-refractivity contribution is 5.38. The fourth-order valence-corrected chi connectivity index (χ4v) is 1.29. The minimum Gasteiger partial charge on any atom is -0.508 e. The average molecular weight is 165 g/mol. The summed E-state index contributed by atoms with van der Waals surface area (Å²) in [4.78, 5) is 0. The summed E-state index contributed by atoms with van der Waals surface area (Å²) < 4.78 is 0. The Hall–Kier alpha value is -1.02. The van der Waals surface area contributed by atoms with Crippen molar-refractivity contribution < 1.29 is 5.11 Å². The van der Waals surface area contributed by atoms with Crippen molar-refractivity contribution in [3.63, 3.8) is 0 Å². The summed E-state index contributed by atoms with van der Waals surface area (Å²) in [7, 11) is 0. The fourth-order valence-electron chi connectivity index (χ4n) is 1.29. The first-order valence-electron chi connectivity index (χ1n) is 4.23. The first-order chi connectivity index (χ1) is 5.75. The van der Waals surface area contributed by atoms with Gasteiger partial charge < -0.3 is 10.8 Å². The van der Waals surface area contributed by atoms with Crippen LogP contribution in [0, 0.1) is 6.92 Å². The average Bonchev–Trinajstić information content (AvgIpc) is 2.04. The number of benzene rings is 1. The molecule has 0 radical (unpaired) electrons. The molecule has 0 heterocycles. The van der Waals surface area contributed by atoms with Gasteiger partial charge in [-0.15, -0.1) is 0 Å². The molecule has 0 aliphatic rings. The van der Waals surface area contributed by atoms with Gasteiger partial charge in [-0.2, -0.15) is 0 Å². The lowest BCUT2D eigenvalue weighted by atomic mass is 10.0. The van der Waals surface area contributed by atoms with Gasteiger partial charge in [-0.1, -0.05) is 12.1 Å². The molecule has 0 aliphatic carbocycles. The van der Waals surface area contributed by atoms with Gasteiger partial charge in [0, 0.05) is 0 Å². The van der Waals surface area contributed by atoms with Crippen LogP contribution < -0.4 is 5.73 Å². The largest absolute Gasteiger partial charge is 0.508 e. The predicted molar refractivity (Wildman–Crippen MR) is 50.2 cm³/mol. The van der Waals surface area contributed by atoms with Gasteiger partial charge in [0.25, 0.3) is 0 Å². The van der Waals surface area contributed by atoms with E-state index in [1.165, 1.54) is 0 Å². The third kappa shape index (κ3) is 1.98. The van der Waals surface area contributed by atoms with Crippen LogP contribution in [0.25, 0.3) is 0 Å². The van der Waals surface area contributed by atoms with E-state index < -0.39 is 0 Å². The molecule has 0 aromatic heterocycles. The molecule has 0 amide bonds. The molecule has 2 nitrogen and oxygen atoms in total. The van der Waals surface area contributed by atoms with Crippen LogP contribution in [0.4, 0.5) is 0 Å². The summed E-state index contributed by atoms with van der Waals surface area (Å²) in [5.41, 5.74) is 7.57. The van der Waals surface area contributed by atoms with E-state index in [0.29, 0.717) is 12.3 Å². The van der Waals surface area contributed by atoms with Crippen molar-refractivity contribution in [2.24, 2.45) is 5.73 Å². The van der Waals surface area contributed by atoms with Gasteiger partial charge in [0.1, 0.15) is 5.75 Å². The molecular weight excluding hydrogens is 150 g/mol. The fraction of sp³-hybridized carbons (Fsp3) is 0.400. The monoisotopic (exact) mass is 165 g/mol. The Balaban J connectivity index is 2.81. The highest BCUT2D eigenvalue weighted by atomic mass is 16.3. The Morgan fingerprint density at radius 1 is 1.42 bits per heavy atom. The Morgan fingerprint density at radius 2 is 2.17 bits per heavy atom. The Bertz CT molecular complexity index is 238. The number of aromatic hydroxyl groups is 1. The smallest absolute Gasteiger partial charge is 0.119 e. The van der Waals surface area contributed by atoms with Crippen LogP contribution in [0.5, 0.6) is 5.75 Å². The Morgan fingerprint density at radius 3 is 2.75 bits per heavy atom. The summed E-state index contributed by atoms with van der Waals surface area (Å²) in [5, 5.41) is 9.48. The first kappa shape index (κ1) is 9.07. The number of rotatable bonds is 3. The van der Waals surface area contributed by atoms with Crippen molar-refractivity contribution in [3.05, 3.63) is 29.3 Å². The number of hydrogen-bond acceptors (Lipinski definition) is 2. The summed E-state index contributed by atoms with van der Waals surface area (Å²) >= 11 is 0. The van der Waals surface area contributed by atoms with Crippen molar-refractivity contribution in [1.29, 1.82) is 0 Å². The predicted octanol–water partition coefficient (Wildman–Crippen LogP) is 1.59. The standard InChI is InChI=1S/C10H15NO/c1-8-4-2-6-10(12)9(8)5-3-7-11/h2,4,6,12H,3,5,7,11H2,1H3. The molecule has 0 spiro atoms. The highest BCUT2D eigenvalue weighted by Crippen LogP contribution is 2.21. The van der Waals surface area contributed by atoms with Crippen LogP contribution in [-0.2, 0) is 6.42 Å². The van der Waals surface area contributed by atoms with Gasteiger partial charge in [-0.3, -0.25) is 0 Å². The van der Waals surface area contributed by atoms with Crippen molar-refractivity contribution in [3.8, 4) is 5.75 Å². The SMILES string of the molecule is Cc1cccc(O)c1CCCN. The summed E-state index contributed by atoms with van der Waals surface area (Å²) in [6.07, 6.45) is 1.80. The third-order valence-corrected chi connectivity index (χ3v) is 2.02.